The van der Waals surface area contributed by atoms with Gasteiger partial charge in [0.15, 0.2) is 10.9 Å². The highest BCUT2D eigenvalue weighted by Crippen LogP contribution is 2.60. The van der Waals surface area contributed by atoms with E-state index in [1.54, 1.807) is 18.5 Å². The van der Waals surface area contributed by atoms with Crippen LogP contribution in [0.25, 0.3) is 0 Å². The van der Waals surface area contributed by atoms with Crippen LogP contribution in [0.15, 0.2) is 48.8 Å². The molecule has 1 aliphatic carbocycles. The van der Waals surface area contributed by atoms with Crippen molar-refractivity contribution in [1.29, 1.82) is 0 Å². The minimum atomic E-state index is -3.62. The molecule has 27 heavy (non-hydrogen) atoms. The number of unbranched alkanes of at least 4 members (excludes halogenated alkanes) is 1. The fourth-order valence-corrected chi connectivity index (χ4v) is 3.65. The molecule has 1 aromatic heterocycles. The third-order valence-corrected chi connectivity index (χ3v) is 6.31. The van der Waals surface area contributed by atoms with Crippen LogP contribution in [0, 0.1) is 0 Å². The molecule has 2 rings (SSSR count). The van der Waals surface area contributed by atoms with Gasteiger partial charge in [0.1, 0.15) is 12.1 Å². The van der Waals surface area contributed by atoms with Crippen molar-refractivity contribution in [1.82, 2.24) is 9.97 Å². The van der Waals surface area contributed by atoms with Gasteiger partial charge in [0.25, 0.3) is 0 Å². The number of carbonyl (C=O) groups is 2. The maximum absolute atomic E-state index is 12.5. The molecule has 9 heteroatoms. The number of esters is 1. The highest BCUT2D eigenvalue weighted by Gasteiger charge is 2.50. The van der Waals surface area contributed by atoms with Crippen LogP contribution in [0.5, 0.6) is 0 Å². The lowest BCUT2D eigenvalue weighted by atomic mass is 10.00. The van der Waals surface area contributed by atoms with Crippen LogP contribution in [0.1, 0.15) is 33.1 Å². The fourth-order valence-electron chi connectivity index (χ4n) is 2.15. The van der Waals surface area contributed by atoms with Crippen molar-refractivity contribution in [3.05, 3.63) is 48.8 Å². The first kappa shape index (κ1) is 22.9. The minimum Gasteiger partial charge on any atom is -0.426 e. The largest absolute Gasteiger partial charge is 0.426 e. The molecule has 0 amide bonds. The number of carbonyl (C=O) groups excluding carboxylic acids is 2. The van der Waals surface area contributed by atoms with Gasteiger partial charge < -0.3 is 13.8 Å². The van der Waals surface area contributed by atoms with Crippen LogP contribution in [-0.2, 0) is 27.9 Å². The Labute approximate surface area is 159 Å². The van der Waals surface area contributed by atoms with E-state index in [0.717, 1.165) is 18.9 Å². The first-order valence-electron chi connectivity index (χ1n) is 8.40. The van der Waals surface area contributed by atoms with Crippen molar-refractivity contribution in [2.24, 2.45) is 0 Å². The van der Waals surface area contributed by atoms with E-state index in [1.807, 2.05) is 6.92 Å². The minimum absolute atomic E-state index is 0.136. The van der Waals surface area contributed by atoms with Gasteiger partial charge in [-0.3, -0.25) is 14.2 Å². The Morgan fingerprint density at radius 1 is 1.22 bits per heavy atom. The number of hydrogen-bond acceptors (Lipinski definition) is 8. The summed E-state index contributed by atoms with van der Waals surface area (Å²) in [5.74, 6) is -0.751. The van der Waals surface area contributed by atoms with Crippen molar-refractivity contribution in [3.63, 3.8) is 0 Å². The number of nitrogens with zero attached hydrogens (tertiary/aromatic N) is 2. The number of ether oxygens (including phenoxy) is 1. The number of ketones is 1. The molecule has 0 aliphatic heterocycles. The van der Waals surface area contributed by atoms with Crippen molar-refractivity contribution in [3.8, 4) is 0 Å². The van der Waals surface area contributed by atoms with Crippen molar-refractivity contribution in [2.45, 2.75) is 38.3 Å². The zero-order valence-corrected chi connectivity index (χ0v) is 16.8. The summed E-state index contributed by atoms with van der Waals surface area (Å²) in [5, 5.41) is -1.42. The maximum Gasteiger partial charge on any atom is 0.347 e. The zero-order valence-electron chi connectivity index (χ0n) is 16.0. The highest BCUT2D eigenvalue weighted by molar-refractivity contribution is 7.57. The van der Waals surface area contributed by atoms with Gasteiger partial charge >= 0.3 is 13.6 Å². The fraction of sp³-hybridized carbons (Fsp3) is 0.444. The molecule has 0 spiro atoms. The van der Waals surface area contributed by atoms with E-state index in [9.17, 15) is 14.2 Å². The molecule has 0 saturated heterocycles. The van der Waals surface area contributed by atoms with Gasteiger partial charge in [0.05, 0.1) is 0 Å². The van der Waals surface area contributed by atoms with Gasteiger partial charge in [-0.15, -0.1) is 0 Å². The Bertz CT molecular complexity index is 700. The Kier molecular flexibility index (Phi) is 9.21. The summed E-state index contributed by atoms with van der Waals surface area (Å²) in [7, 11) is -1.18. The topological polar surface area (TPSA) is 105 Å². The summed E-state index contributed by atoms with van der Waals surface area (Å²) in [4.78, 5) is 31.1. The molecule has 0 radical (unpaired) electrons. The van der Waals surface area contributed by atoms with Crippen LogP contribution >= 0.6 is 7.60 Å². The van der Waals surface area contributed by atoms with Crippen LogP contribution in [0.4, 0.5) is 0 Å². The zero-order chi connectivity index (χ0) is 20.3. The average Bonchev–Trinajstić information content (AvgIpc) is 2.70. The summed E-state index contributed by atoms with van der Waals surface area (Å²) in [6.07, 6.45) is 10.8. The molecule has 1 aliphatic rings. The summed E-state index contributed by atoms with van der Waals surface area (Å²) < 4.78 is 27.3. The number of hydrogen-bond donors (Lipinski definition) is 0. The second-order valence-corrected chi connectivity index (χ2v) is 8.39. The van der Waals surface area contributed by atoms with E-state index in [0.29, 0.717) is 6.42 Å². The molecule has 1 aromatic rings. The molecule has 1 unspecified atom stereocenters. The molecule has 0 saturated carbocycles. The van der Waals surface area contributed by atoms with Gasteiger partial charge in [-0.2, -0.15) is 0 Å². The molecule has 0 fully saturated rings. The quantitative estimate of drug-likeness (QED) is 0.510. The van der Waals surface area contributed by atoms with Crippen LogP contribution in [0.2, 0.25) is 0 Å². The van der Waals surface area contributed by atoms with E-state index >= 15 is 0 Å². The first-order valence-corrected chi connectivity index (χ1v) is 9.95. The Balaban J connectivity index is 0.000000511. The summed E-state index contributed by atoms with van der Waals surface area (Å²) >= 11 is 0. The number of allylic oxidation sites excluding steroid dienone is 3. The van der Waals surface area contributed by atoms with Gasteiger partial charge in [-0.25, -0.2) is 9.97 Å². The van der Waals surface area contributed by atoms with E-state index in [-0.39, 0.29) is 5.76 Å². The number of aromatic nitrogens is 2. The molecule has 0 bridgehead atoms. The molecular weight excluding hydrogens is 371 g/mol. The van der Waals surface area contributed by atoms with E-state index in [4.69, 9.17) is 13.8 Å². The second kappa shape index (κ2) is 10.9. The maximum atomic E-state index is 12.5. The Hall–Kier alpha value is -2.15. The normalized spacial score (nSPS) is 19.0. The predicted molar refractivity (Wildman–Crippen MR) is 99.9 cm³/mol. The molecule has 1 heterocycles. The van der Waals surface area contributed by atoms with E-state index in [2.05, 4.69) is 9.97 Å². The first-order chi connectivity index (χ1) is 12.8. The molecule has 148 valence electrons. The lowest BCUT2D eigenvalue weighted by molar-refractivity contribution is -0.139. The Morgan fingerprint density at radius 3 is 2.26 bits per heavy atom. The monoisotopic (exact) mass is 396 g/mol. The second-order valence-electron chi connectivity index (χ2n) is 5.74. The molecule has 8 nitrogen and oxygen atoms in total. The standard InChI is InChI=1S/C14H21O6P.C4H4N2/c1-5-6-7-13(16)20-11-8-9-14(2,12(15)10-11)21(17,18-3)19-4;1-2-5-4-6-3-1/h8-10H,5-7H2,1-4H3;1-4H. The lowest BCUT2D eigenvalue weighted by Crippen LogP contribution is -2.35. The van der Waals surface area contributed by atoms with Crippen molar-refractivity contribution >= 4 is 19.3 Å². The average molecular weight is 396 g/mol. The third-order valence-electron chi connectivity index (χ3n) is 3.84. The SMILES string of the molecule is CCCCC(=O)OC1=CC(=O)C(C)(P(=O)(OC)OC)C=C1.c1cncnc1. The summed E-state index contributed by atoms with van der Waals surface area (Å²) in [6.45, 7) is 3.43. The van der Waals surface area contributed by atoms with Gasteiger partial charge in [-0.05, 0) is 25.5 Å². The van der Waals surface area contributed by atoms with Crippen LogP contribution < -0.4 is 0 Å². The summed E-state index contributed by atoms with van der Waals surface area (Å²) in [5.41, 5.74) is 0. The van der Waals surface area contributed by atoms with Crippen LogP contribution in [0.3, 0.4) is 0 Å². The lowest BCUT2D eigenvalue weighted by Gasteiger charge is -2.31. The molecule has 0 N–H and O–H groups in total. The van der Waals surface area contributed by atoms with Gasteiger partial charge in [-0.1, -0.05) is 19.4 Å². The third kappa shape index (κ3) is 6.20. The highest BCUT2D eigenvalue weighted by atomic mass is 31.2. The van der Waals surface area contributed by atoms with Gasteiger partial charge in [0, 0.05) is 39.1 Å². The Morgan fingerprint density at radius 2 is 1.85 bits per heavy atom. The van der Waals surface area contributed by atoms with E-state index in [1.165, 1.54) is 39.6 Å². The van der Waals surface area contributed by atoms with E-state index < -0.39 is 24.5 Å². The smallest absolute Gasteiger partial charge is 0.347 e. The van der Waals surface area contributed by atoms with Crippen LogP contribution in [-0.4, -0.2) is 41.1 Å². The van der Waals surface area contributed by atoms with Crippen molar-refractivity contribution < 1.29 is 27.9 Å². The molecule has 1 atom stereocenters. The van der Waals surface area contributed by atoms with Crippen molar-refractivity contribution in [2.75, 3.05) is 14.2 Å². The summed E-state index contributed by atoms with van der Waals surface area (Å²) in [6, 6.07) is 1.78. The number of rotatable bonds is 7. The van der Waals surface area contributed by atoms with Gasteiger partial charge in [0.2, 0.25) is 0 Å². The molecular formula is C18H25N2O6P. The predicted octanol–water partition coefficient (Wildman–Crippen LogP) is 3.46. The molecule has 0 aromatic carbocycles.